The average molecular weight is 376 g/mol. The lowest BCUT2D eigenvalue weighted by molar-refractivity contribution is 0.0245. The van der Waals surface area contributed by atoms with Crippen molar-refractivity contribution in [2.75, 3.05) is 6.54 Å². The Labute approximate surface area is 153 Å². The lowest BCUT2D eigenvalue weighted by Crippen LogP contribution is -2.44. The minimum absolute atomic E-state index is 0.0646. The molecule has 0 unspecified atom stereocenters. The van der Waals surface area contributed by atoms with Gasteiger partial charge in [-0.1, -0.05) is 6.42 Å². The van der Waals surface area contributed by atoms with Crippen molar-refractivity contribution in [1.82, 2.24) is 20.3 Å². The minimum Gasteiger partial charge on any atom is -0.471 e. The molecule has 0 spiro atoms. The van der Waals surface area contributed by atoms with Crippen LogP contribution in [0.25, 0.3) is 0 Å². The van der Waals surface area contributed by atoms with Crippen molar-refractivity contribution in [2.24, 2.45) is 0 Å². The van der Waals surface area contributed by atoms with Gasteiger partial charge < -0.3 is 10.1 Å². The molecule has 0 saturated heterocycles. The fourth-order valence-corrected chi connectivity index (χ4v) is 4.70. The van der Waals surface area contributed by atoms with Gasteiger partial charge in [0.15, 0.2) is 0 Å². The average Bonchev–Trinajstić information content (AvgIpc) is 3.15. The topological polar surface area (TPSA) is 117 Å². The predicted molar refractivity (Wildman–Crippen MR) is 96.1 cm³/mol. The number of H-pyrrole nitrogens is 2. The van der Waals surface area contributed by atoms with Gasteiger partial charge in [0.2, 0.25) is 5.88 Å². The predicted octanol–water partition coefficient (Wildman–Crippen LogP) is 1.44. The minimum atomic E-state index is -0.560. The number of aryl methyl sites for hydroxylation is 1. The summed E-state index contributed by atoms with van der Waals surface area (Å²) in [5, 5.41) is 5.47. The van der Waals surface area contributed by atoms with Crippen molar-refractivity contribution in [2.45, 2.75) is 50.5 Å². The number of rotatable bonds is 4. The van der Waals surface area contributed by atoms with E-state index in [2.05, 4.69) is 20.3 Å². The molecule has 0 aromatic carbocycles. The van der Waals surface area contributed by atoms with Gasteiger partial charge in [-0.25, -0.2) is 9.78 Å². The molecule has 1 amide bonds. The van der Waals surface area contributed by atoms with Crippen molar-refractivity contribution in [3.8, 4) is 5.88 Å². The van der Waals surface area contributed by atoms with E-state index in [9.17, 15) is 14.4 Å². The summed E-state index contributed by atoms with van der Waals surface area (Å²) >= 11 is 1.43. The highest BCUT2D eigenvalue weighted by atomic mass is 32.1. The quantitative estimate of drug-likeness (QED) is 0.746. The molecule has 2 atom stereocenters. The Kier molecular flexibility index (Phi) is 4.18. The van der Waals surface area contributed by atoms with Crippen LogP contribution in [0.4, 0.5) is 0 Å². The summed E-state index contributed by atoms with van der Waals surface area (Å²) in [6, 6.07) is 0. The van der Waals surface area contributed by atoms with Crippen molar-refractivity contribution in [3.63, 3.8) is 0 Å². The highest BCUT2D eigenvalue weighted by Gasteiger charge is 2.51. The molecular formula is C17H20N4O4S. The number of carbonyl (C=O) groups is 1. The Morgan fingerprint density at radius 2 is 2.27 bits per heavy atom. The van der Waals surface area contributed by atoms with Crippen molar-refractivity contribution in [3.05, 3.63) is 42.5 Å². The van der Waals surface area contributed by atoms with Gasteiger partial charge in [0, 0.05) is 24.3 Å². The molecule has 8 nitrogen and oxygen atoms in total. The number of aromatic nitrogens is 3. The first kappa shape index (κ1) is 17.0. The van der Waals surface area contributed by atoms with Crippen LogP contribution in [0.3, 0.4) is 0 Å². The van der Waals surface area contributed by atoms with E-state index < -0.39 is 11.3 Å². The number of hydrogen-bond donors (Lipinski definition) is 3. The molecule has 1 aliphatic heterocycles. The maximum Gasteiger partial charge on any atom is 0.328 e. The van der Waals surface area contributed by atoms with E-state index in [1.54, 1.807) is 5.38 Å². The molecule has 2 aromatic heterocycles. The van der Waals surface area contributed by atoms with Crippen LogP contribution in [0.5, 0.6) is 5.88 Å². The molecule has 1 aliphatic carbocycles. The number of amides is 1. The number of thiazole rings is 1. The normalized spacial score (nSPS) is 23.8. The van der Waals surface area contributed by atoms with Gasteiger partial charge in [-0.15, -0.1) is 11.3 Å². The Morgan fingerprint density at radius 3 is 3.04 bits per heavy atom. The molecule has 1 saturated carbocycles. The van der Waals surface area contributed by atoms with Crippen LogP contribution in [-0.2, 0) is 0 Å². The van der Waals surface area contributed by atoms with E-state index in [4.69, 9.17) is 4.74 Å². The standard InChI is InChI=1S/C17H20N4O4S/c1-9-19-11(8-26-9)13(22)18-7-6-17-5-3-2-4-10(17)12-14(23)20-16(24)21-15(12)25-17/h8,10H,2-7H2,1H3,(H,18,22)(H2,20,21,23,24)/t10-,17+/m1/s1. The number of aromatic amines is 2. The first-order chi connectivity index (χ1) is 12.5. The van der Waals surface area contributed by atoms with Gasteiger partial charge in [0.25, 0.3) is 11.5 Å². The molecule has 0 radical (unpaired) electrons. The lowest BCUT2D eigenvalue weighted by Gasteiger charge is -2.38. The number of nitrogens with zero attached hydrogens (tertiary/aromatic N) is 1. The molecule has 2 aromatic rings. The summed E-state index contributed by atoms with van der Waals surface area (Å²) in [5.74, 6) is 0.0113. The third-order valence-corrected chi connectivity index (χ3v) is 6.03. The summed E-state index contributed by atoms with van der Waals surface area (Å²) in [5.41, 5.74) is -0.537. The van der Waals surface area contributed by atoms with Crippen molar-refractivity contribution in [1.29, 1.82) is 0 Å². The van der Waals surface area contributed by atoms with Gasteiger partial charge in [-0.05, 0) is 26.2 Å². The summed E-state index contributed by atoms with van der Waals surface area (Å²) in [4.78, 5) is 45.1. The molecule has 138 valence electrons. The van der Waals surface area contributed by atoms with E-state index in [-0.39, 0.29) is 23.3 Å². The van der Waals surface area contributed by atoms with Crippen LogP contribution in [0.2, 0.25) is 0 Å². The molecule has 1 fully saturated rings. The Hall–Kier alpha value is -2.42. The third-order valence-electron chi connectivity index (χ3n) is 5.26. The van der Waals surface area contributed by atoms with Crippen LogP contribution in [0.1, 0.15) is 59.1 Å². The molecule has 9 heteroatoms. The largest absolute Gasteiger partial charge is 0.471 e. The van der Waals surface area contributed by atoms with E-state index in [1.807, 2.05) is 6.92 Å². The zero-order chi connectivity index (χ0) is 18.3. The molecule has 3 heterocycles. The number of ether oxygens (including phenoxy) is 1. The van der Waals surface area contributed by atoms with Crippen LogP contribution < -0.4 is 21.3 Å². The zero-order valence-electron chi connectivity index (χ0n) is 14.4. The maximum absolute atomic E-state index is 12.3. The monoisotopic (exact) mass is 376 g/mol. The summed E-state index contributed by atoms with van der Waals surface area (Å²) < 4.78 is 6.11. The van der Waals surface area contributed by atoms with Crippen LogP contribution in [-0.4, -0.2) is 33.0 Å². The highest BCUT2D eigenvalue weighted by molar-refractivity contribution is 7.09. The lowest BCUT2D eigenvalue weighted by atomic mass is 9.72. The van der Waals surface area contributed by atoms with E-state index in [0.717, 1.165) is 30.7 Å². The zero-order valence-corrected chi connectivity index (χ0v) is 15.2. The SMILES string of the molecule is Cc1nc(C(=O)NCC[C@@]23CCCC[C@@H]2c2c([nH]c(=O)[nH]c2=O)O3)cs1. The molecule has 3 N–H and O–H groups in total. The maximum atomic E-state index is 12.3. The Morgan fingerprint density at radius 1 is 1.42 bits per heavy atom. The van der Waals surface area contributed by atoms with Crippen LogP contribution in [0, 0.1) is 6.92 Å². The van der Waals surface area contributed by atoms with E-state index in [1.165, 1.54) is 11.3 Å². The Balaban J connectivity index is 1.51. The molecule has 2 aliphatic rings. The first-order valence-corrected chi connectivity index (χ1v) is 9.62. The third kappa shape index (κ3) is 2.86. The number of nitrogens with one attached hydrogen (secondary N) is 3. The van der Waals surface area contributed by atoms with Gasteiger partial charge >= 0.3 is 5.69 Å². The second-order valence-corrected chi connectivity index (χ2v) is 7.94. The summed E-state index contributed by atoms with van der Waals surface area (Å²) in [6.45, 7) is 2.27. The second kappa shape index (κ2) is 6.39. The van der Waals surface area contributed by atoms with Gasteiger partial charge in [-0.3, -0.25) is 19.6 Å². The van der Waals surface area contributed by atoms with E-state index >= 15 is 0 Å². The van der Waals surface area contributed by atoms with E-state index in [0.29, 0.717) is 24.2 Å². The molecular weight excluding hydrogens is 356 g/mol. The molecule has 26 heavy (non-hydrogen) atoms. The van der Waals surface area contributed by atoms with Gasteiger partial charge in [0.05, 0.1) is 10.6 Å². The van der Waals surface area contributed by atoms with Crippen LogP contribution >= 0.6 is 11.3 Å². The molecule has 0 bridgehead atoms. The Bertz CT molecular complexity index is 962. The second-order valence-electron chi connectivity index (χ2n) is 6.87. The fraction of sp³-hybridized carbons (Fsp3) is 0.529. The highest BCUT2D eigenvalue weighted by Crippen LogP contribution is 2.51. The number of hydrogen-bond acceptors (Lipinski definition) is 6. The first-order valence-electron chi connectivity index (χ1n) is 8.74. The van der Waals surface area contributed by atoms with Crippen molar-refractivity contribution < 1.29 is 9.53 Å². The fourth-order valence-electron chi connectivity index (χ4n) is 4.11. The van der Waals surface area contributed by atoms with Gasteiger partial charge in [0.1, 0.15) is 11.3 Å². The summed E-state index contributed by atoms with van der Waals surface area (Å²) in [7, 11) is 0. The molecule has 4 rings (SSSR count). The smallest absolute Gasteiger partial charge is 0.328 e. The summed E-state index contributed by atoms with van der Waals surface area (Å²) in [6.07, 6.45) is 4.20. The van der Waals surface area contributed by atoms with Gasteiger partial charge in [-0.2, -0.15) is 0 Å². The number of fused-ring (bicyclic) bond motifs is 3. The van der Waals surface area contributed by atoms with Crippen LogP contribution in [0.15, 0.2) is 15.0 Å². The number of carbonyl (C=O) groups excluding carboxylic acids is 1. The van der Waals surface area contributed by atoms with Crippen molar-refractivity contribution >= 4 is 17.2 Å².